The predicted molar refractivity (Wildman–Crippen MR) is 72.9 cm³/mol. The van der Waals surface area contributed by atoms with Crippen LogP contribution in [0.3, 0.4) is 0 Å². The average molecular weight is 269 g/mol. The Morgan fingerprint density at radius 1 is 1.56 bits per heavy atom. The third kappa shape index (κ3) is 3.36. The molecule has 0 atom stereocenters. The van der Waals surface area contributed by atoms with E-state index in [1.807, 2.05) is 6.26 Å². The molecule has 0 aliphatic heterocycles. The first-order valence-electron chi connectivity index (χ1n) is 5.25. The molecule has 0 aromatic heterocycles. The molecular formula is C11H15N3O3S. The van der Waals surface area contributed by atoms with Crippen molar-refractivity contribution < 1.29 is 9.72 Å². The van der Waals surface area contributed by atoms with E-state index in [2.05, 4.69) is 0 Å². The maximum absolute atomic E-state index is 12.1. The molecule has 0 fully saturated rings. The highest BCUT2D eigenvalue weighted by atomic mass is 32.2. The Kier molecular flexibility index (Phi) is 4.96. The van der Waals surface area contributed by atoms with Gasteiger partial charge in [0.05, 0.1) is 10.5 Å². The van der Waals surface area contributed by atoms with Crippen LogP contribution in [0, 0.1) is 10.1 Å². The van der Waals surface area contributed by atoms with Crippen molar-refractivity contribution in [1.29, 1.82) is 0 Å². The van der Waals surface area contributed by atoms with Crippen LogP contribution in [-0.2, 0) is 0 Å². The number of nitrogens with zero attached hydrogens (tertiary/aromatic N) is 2. The lowest BCUT2D eigenvalue weighted by atomic mass is 10.1. The molecule has 0 aliphatic carbocycles. The lowest BCUT2D eigenvalue weighted by molar-refractivity contribution is -0.384. The molecule has 1 rings (SSSR count). The highest BCUT2D eigenvalue weighted by Gasteiger charge is 2.18. The Bertz CT molecular complexity index is 465. The van der Waals surface area contributed by atoms with Crippen LogP contribution < -0.4 is 5.73 Å². The molecule has 0 saturated carbocycles. The van der Waals surface area contributed by atoms with E-state index < -0.39 is 4.92 Å². The van der Waals surface area contributed by atoms with Crippen molar-refractivity contribution in [1.82, 2.24) is 4.90 Å². The first-order chi connectivity index (χ1) is 8.47. The highest BCUT2D eigenvalue weighted by molar-refractivity contribution is 7.98. The number of nitrogens with two attached hydrogens (primary N) is 1. The van der Waals surface area contributed by atoms with Crippen molar-refractivity contribution >= 4 is 29.0 Å². The van der Waals surface area contributed by atoms with E-state index in [9.17, 15) is 14.9 Å². The molecule has 7 heteroatoms. The molecule has 0 saturated heterocycles. The summed E-state index contributed by atoms with van der Waals surface area (Å²) in [6, 6.07) is 3.88. The summed E-state index contributed by atoms with van der Waals surface area (Å²) in [5.41, 5.74) is 5.97. The van der Waals surface area contributed by atoms with Crippen LogP contribution in [0.25, 0.3) is 0 Å². The topological polar surface area (TPSA) is 89.5 Å². The average Bonchev–Trinajstić information content (AvgIpc) is 2.35. The molecule has 1 aromatic rings. The number of nitrogen functional groups attached to an aromatic ring is 1. The number of rotatable bonds is 5. The summed E-state index contributed by atoms with van der Waals surface area (Å²) < 4.78 is 0. The lowest BCUT2D eigenvalue weighted by Crippen LogP contribution is -2.29. The van der Waals surface area contributed by atoms with E-state index in [0.29, 0.717) is 6.54 Å². The fourth-order valence-corrected chi connectivity index (χ4v) is 1.83. The van der Waals surface area contributed by atoms with E-state index in [-0.39, 0.29) is 22.8 Å². The van der Waals surface area contributed by atoms with Crippen LogP contribution in [-0.4, -0.2) is 41.3 Å². The van der Waals surface area contributed by atoms with Gasteiger partial charge in [-0.3, -0.25) is 14.9 Å². The van der Waals surface area contributed by atoms with Crippen molar-refractivity contribution in [3.05, 3.63) is 33.9 Å². The summed E-state index contributed by atoms with van der Waals surface area (Å²) in [7, 11) is 1.65. The molecule has 0 radical (unpaired) electrons. The number of amides is 1. The number of nitro benzene ring substituents is 1. The van der Waals surface area contributed by atoms with Crippen LogP contribution in [0.1, 0.15) is 10.4 Å². The standard InChI is InChI=1S/C11H15N3O3S/c1-13(5-6-18-2)11(15)9-7-8(14(16)17)3-4-10(9)12/h3-4,7H,5-6,12H2,1-2H3. The van der Waals surface area contributed by atoms with Gasteiger partial charge >= 0.3 is 0 Å². The molecule has 0 bridgehead atoms. The Hall–Kier alpha value is -1.76. The number of nitro groups is 1. The van der Waals surface area contributed by atoms with Crippen molar-refractivity contribution in [2.75, 3.05) is 31.3 Å². The van der Waals surface area contributed by atoms with Crippen LogP contribution >= 0.6 is 11.8 Å². The number of non-ortho nitro benzene ring substituents is 1. The predicted octanol–water partition coefficient (Wildman–Crippen LogP) is 1.61. The minimum atomic E-state index is -0.544. The van der Waals surface area contributed by atoms with Crippen LogP contribution in [0.2, 0.25) is 0 Å². The van der Waals surface area contributed by atoms with Gasteiger partial charge in [0, 0.05) is 37.2 Å². The smallest absolute Gasteiger partial charge is 0.270 e. The second kappa shape index (κ2) is 6.25. The number of hydrogen-bond acceptors (Lipinski definition) is 5. The summed E-state index contributed by atoms with van der Waals surface area (Å²) in [5.74, 6) is 0.502. The lowest BCUT2D eigenvalue weighted by Gasteiger charge is -2.17. The molecule has 0 aliphatic rings. The van der Waals surface area contributed by atoms with E-state index >= 15 is 0 Å². The molecule has 18 heavy (non-hydrogen) atoms. The van der Waals surface area contributed by atoms with Gasteiger partial charge in [0.15, 0.2) is 0 Å². The first kappa shape index (κ1) is 14.3. The van der Waals surface area contributed by atoms with Crippen LogP contribution in [0.4, 0.5) is 11.4 Å². The quantitative estimate of drug-likeness (QED) is 0.498. The number of anilines is 1. The maximum Gasteiger partial charge on any atom is 0.270 e. The normalized spacial score (nSPS) is 10.1. The van der Waals surface area contributed by atoms with Crippen molar-refractivity contribution in [3.63, 3.8) is 0 Å². The second-order valence-electron chi connectivity index (χ2n) is 3.75. The number of carbonyl (C=O) groups excluding carboxylic acids is 1. The molecule has 0 spiro atoms. The minimum Gasteiger partial charge on any atom is -0.398 e. The summed E-state index contributed by atoms with van der Waals surface area (Å²) in [6.45, 7) is 0.572. The summed E-state index contributed by atoms with van der Waals surface area (Å²) in [5, 5.41) is 10.7. The Morgan fingerprint density at radius 3 is 2.78 bits per heavy atom. The molecule has 98 valence electrons. The van der Waals surface area contributed by atoms with E-state index in [4.69, 9.17) is 5.73 Å². The first-order valence-corrected chi connectivity index (χ1v) is 6.65. The van der Waals surface area contributed by atoms with Gasteiger partial charge in [-0.05, 0) is 12.3 Å². The van der Waals surface area contributed by atoms with Gasteiger partial charge in [-0.25, -0.2) is 0 Å². The van der Waals surface area contributed by atoms with Crippen molar-refractivity contribution in [2.24, 2.45) is 0 Å². The van der Waals surface area contributed by atoms with Crippen LogP contribution in [0.15, 0.2) is 18.2 Å². The summed E-state index contributed by atoms with van der Waals surface area (Å²) in [4.78, 5) is 23.7. The van der Waals surface area contributed by atoms with E-state index in [1.54, 1.807) is 18.8 Å². The second-order valence-corrected chi connectivity index (χ2v) is 4.73. The Balaban J connectivity index is 2.97. The van der Waals surface area contributed by atoms with Gasteiger partial charge in [0.2, 0.25) is 0 Å². The van der Waals surface area contributed by atoms with Gasteiger partial charge in [-0.15, -0.1) is 0 Å². The zero-order valence-corrected chi connectivity index (χ0v) is 11.1. The zero-order valence-electron chi connectivity index (χ0n) is 10.3. The number of carbonyl (C=O) groups is 1. The van der Waals surface area contributed by atoms with Crippen LogP contribution in [0.5, 0.6) is 0 Å². The van der Waals surface area contributed by atoms with Crippen molar-refractivity contribution in [3.8, 4) is 0 Å². The molecule has 0 unspecified atom stereocenters. The summed E-state index contributed by atoms with van der Waals surface area (Å²) in [6.07, 6.45) is 1.94. The molecular weight excluding hydrogens is 254 g/mol. The summed E-state index contributed by atoms with van der Waals surface area (Å²) >= 11 is 1.62. The zero-order chi connectivity index (χ0) is 13.7. The number of thioether (sulfide) groups is 1. The fourth-order valence-electron chi connectivity index (χ4n) is 1.38. The molecule has 1 amide bonds. The fraction of sp³-hybridized carbons (Fsp3) is 0.364. The van der Waals surface area contributed by atoms with Gasteiger partial charge in [0.25, 0.3) is 11.6 Å². The monoisotopic (exact) mass is 269 g/mol. The minimum absolute atomic E-state index is 0.134. The van der Waals surface area contributed by atoms with Crippen molar-refractivity contribution in [2.45, 2.75) is 0 Å². The van der Waals surface area contributed by atoms with E-state index in [1.165, 1.54) is 23.1 Å². The molecule has 0 heterocycles. The molecule has 1 aromatic carbocycles. The molecule has 6 nitrogen and oxygen atoms in total. The van der Waals surface area contributed by atoms with Gasteiger partial charge in [-0.1, -0.05) is 0 Å². The maximum atomic E-state index is 12.1. The Labute approximate surface area is 109 Å². The largest absolute Gasteiger partial charge is 0.398 e. The highest BCUT2D eigenvalue weighted by Crippen LogP contribution is 2.20. The van der Waals surface area contributed by atoms with Gasteiger partial charge in [-0.2, -0.15) is 11.8 Å². The number of hydrogen-bond donors (Lipinski definition) is 1. The third-order valence-electron chi connectivity index (χ3n) is 2.46. The third-order valence-corrected chi connectivity index (χ3v) is 3.05. The number of benzene rings is 1. The molecule has 2 N–H and O–H groups in total. The van der Waals surface area contributed by atoms with E-state index in [0.717, 1.165) is 5.75 Å². The van der Waals surface area contributed by atoms with Gasteiger partial charge in [0.1, 0.15) is 0 Å². The SMILES string of the molecule is CSCCN(C)C(=O)c1cc([N+](=O)[O-])ccc1N. The van der Waals surface area contributed by atoms with Gasteiger partial charge < -0.3 is 10.6 Å². The Morgan fingerprint density at radius 2 is 2.22 bits per heavy atom.